The molecule has 1 heterocycles. The molecule has 5 nitrogen and oxygen atoms in total. The smallest absolute Gasteiger partial charge is 0.387 e. The van der Waals surface area contributed by atoms with Crippen LogP contribution in [0.15, 0.2) is 43.0 Å². The summed E-state index contributed by atoms with van der Waals surface area (Å²) in [7, 11) is 1.72. The molecule has 0 fully saturated rings. The molecule has 0 saturated heterocycles. The van der Waals surface area contributed by atoms with Gasteiger partial charge in [0.1, 0.15) is 0 Å². The number of hydrogen-bond acceptors (Lipinski definition) is 4. The van der Waals surface area contributed by atoms with Crippen LogP contribution in [0, 0.1) is 16.7 Å². The van der Waals surface area contributed by atoms with Gasteiger partial charge in [0.25, 0.3) is 0 Å². The van der Waals surface area contributed by atoms with Gasteiger partial charge in [-0.3, -0.25) is 0 Å². The van der Waals surface area contributed by atoms with Crippen molar-refractivity contribution >= 4 is 11.4 Å². The molecule has 28 heavy (non-hydrogen) atoms. The third-order valence-electron chi connectivity index (χ3n) is 5.25. The number of hydrogen-bond donors (Lipinski definition) is 1. The van der Waals surface area contributed by atoms with Crippen LogP contribution < -0.4 is 4.90 Å². The number of nitrogens with zero attached hydrogens (tertiary/aromatic N) is 4. The molecule has 0 aliphatic heterocycles. The summed E-state index contributed by atoms with van der Waals surface area (Å²) in [6, 6.07) is 5.04. The van der Waals surface area contributed by atoms with Crippen molar-refractivity contribution in [3.8, 4) is 6.07 Å². The Hall–Kier alpha value is -2.79. The fourth-order valence-corrected chi connectivity index (χ4v) is 3.77. The maximum absolute atomic E-state index is 13.3. The summed E-state index contributed by atoms with van der Waals surface area (Å²) in [5.74, 6) is 0. The zero-order chi connectivity index (χ0) is 20.7. The zero-order valence-corrected chi connectivity index (χ0v) is 15.8. The monoisotopic (exact) mass is 390 g/mol. The molecule has 1 aliphatic rings. The number of anilines is 1. The lowest BCUT2D eigenvalue weighted by molar-refractivity contribution is -0.137. The second-order valence-corrected chi connectivity index (χ2v) is 7.67. The predicted octanol–water partition coefficient (Wildman–Crippen LogP) is 3.91. The van der Waals surface area contributed by atoms with E-state index < -0.39 is 28.8 Å². The summed E-state index contributed by atoms with van der Waals surface area (Å²) < 4.78 is 41.8. The van der Waals surface area contributed by atoms with Gasteiger partial charge < -0.3 is 14.6 Å². The molecule has 2 unspecified atom stereocenters. The number of aliphatic hydroxyl groups is 1. The van der Waals surface area contributed by atoms with Crippen LogP contribution in [-0.2, 0) is 6.18 Å². The third-order valence-corrected chi connectivity index (χ3v) is 5.25. The minimum Gasteiger partial charge on any atom is -0.387 e. The normalized spacial score (nSPS) is 21.7. The average molecular weight is 390 g/mol. The van der Waals surface area contributed by atoms with Gasteiger partial charge in [0, 0.05) is 25.1 Å². The molecule has 148 valence electrons. The molecule has 2 atom stereocenters. The van der Waals surface area contributed by atoms with Crippen molar-refractivity contribution < 1.29 is 18.3 Å². The van der Waals surface area contributed by atoms with Gasteiger partial charge in [-0.2, -0.15) is 18.4 Å². The fraction of sp³-hybridized carbons (Fsp3) is 0.400. The summed E-state index contributed by atoms with van der Waals surface area (Å²) in [6.07, 6.45) is 1.87. The first kappa shape index (κ1) is 20.0. The van der Waals surface area contributed by atoms with Crippen LogP contribution in [0.25, 0.3) is 5.70 Å². The van der Waals surface area contributed by atoms with Gasteiger partial charge in [0.15, 0.2) is 0 Å². The molecular formula is C20H21F3N4O. The maximum Gasteiger partial charge on any atom is 0.417 e. The van der Waals surface area contributed by atoms with Gasteiger partial charge in [-0.1, -0.05) is 13.8 Å². The van der Waals surface area contributed by atoms with Crippen LogP contribution in [0.3, 0.4) is 0 Å². The van der Waals surface area contributed by atoms with E-state index in [0.717, 1.165) is 6.07 Å². The fourth-order valence-electron chi connectivity index (χ4n) is 3.77. The molecule has 1 aliphatic carbocycles. The summed E-state index contributed by atoms with van der Waals surface area (Å²) in [5.41, 5.74) is -0.769. The van der Waals surface area contributed by atoms with Crippen LogP contribution in [0.5, 0.6) is 0 Å². The second kappa shape index (κ2) is 6.99. The Kier molecular flexibility index (Phi) is 4.98. The van der Waals surface area contributed by atoms with E-state index in [0.29, 0.717) is 17.8 Å². The van der Waals surface area contributed by atoms with Crippen molar-refractivity contribution in [1.29, 1.82) is 5.26 Å². The number of rotatable bonds is 3. The van der Waals surface area contributed by atoms with E-state index in [1.807, 2.05) is 19.9 Å². The summed E-state index contributed by atoms with van der Waals surface area (Å²) in [6.45, 7) is 3.93. The predicted molar refractivity (Wildman–Crippen MR) is 99.3 cm³/mol. The highest BCUT2D eigenvalue weighted by atomic mass is 19.4. The summed E-state index contributed by atoms with van der Waals surface area (Å²) in [4.78, 5) is 5.74. The molecule has 0 spiro atoms. The number of nitriles is 1. The van der Waals surface area contributed by atoms with Gasteiger partial charge in [0.2, 0.25) is 0 Å². The Balaban J connectivity index is 2.05. The Morgan fingerprint density at radius 2 is 2.07 bits per heavy atom. The lowest BCUT2D eigenvalue weighted by Crippen LogP contribution is -2.47. The van der Waals surface area contributed by atoms with E-state index in [9.17, 15) is 18.3 Å². The molecule has 0 radical (unpaired) electrons. The van der Waals surface area contributed by atoms with Crippen molar-refractivity contribution in [3.05, 3.63) is 54.1 Å². The minimum absolute atomic E-state index is 0.276. The third kappa shape index (κ3) is 3.62. The number of halogens is 3. The molecule has 0 bridgehead atoms. The van der Waals surface area contributed by atoms with Crippen molar-refractivity contribution in [2.75, 3.05) is 11.9 Å². The van der Waals surface area contributed by atoms with Crippen LogP contribution >= 0.6 is 0 Å². The van der Waals surface area contributed by atoms with Gasteiger partial charge in [-0.25, -0.2) is 4.98 Å². The molecule has 1 aromatic heterocycles. The van der Waals surface area contributed by atoms with E-state index in [-0.39, 0.29) is 6.04 Å². The molecule has 2 aromatic rings. The first-order valence-corrected chi connectivity index (χ1v) is 8.77. The lowest BCUT2D eigenvalue weighted by Gasteiger charge is -2.45. The molecule has 1 N–H and O–H groups in total. The van der Waals surface area contributed by atoms with Gasteiger partial charge >= 0.3 is 6.18 Å². The van der Waals surface area contributed by atoms with Crippen molar-refractivity contribution in [3.63, 3.8) is 0 Å². The second-order valence-electron chi connectivity index (χ2n) is 7.67. The van der Waals surface area contributed by atoms with Gasteiger partial charge in [0.05, 0.1) is 41.4 Å². The number of alkyl halides is 3. The first-order valence-electron chi connectivity index (χ1n) is 8.77. The van der Waals surface area contributed by atoms with Crippen LogP contribution in [0.2, 0.25) is 0 Å². The highest BCUT2D eigenvalue weighted by Crippen LogP contribution is 2.41. The highest BCUT2D eigenvalue weighted by molar-refractivity contribution is 5.60. The topological polar surface area (TPSA) is 65.1 Å². The first-order chi connectivity index (χ1) is 13.0. The molecule has 0 amide bonds. The average Bonchev–Trinajstić information content (AvgIpc) is 3.13. The number of benzene rings is 1. The van der Waals surface area contributed by atoms with Crippen LogP contribution in [-0.4, -0.2) is 33.9 Å². The molecular weight excluding hydrogens is 369 g/mol. The summed E-state index contributed by atoms with van der Waals surface area (Å²) >= 11 is 0. The van der Waals surface area contributed by atoms with Crippen molar-refractivity contribution in [1.82, 2.24) is 9.55 Å². The quantitative estimate of drug-likeness (QED) is 0.863. The molecule has 0 saturated carbocycles. The number of likely N-dealkylation sites (N-methyl/N-ethyl adjacent to an activating group) is 1. The standard InChI is InChI=1S/C20H21F3N4O/c1-19(2)10-17(28)16(27-7-6-25-12-27)9-18(19)26(3)14-5-4-13(11-24)15(8-14)20(21,22)23/h4-9,12,17-18,28H,10H2,1-3H3. The van der Waals surface area contributed by atoms with Gasteiger partial charge in [-0.05, 0) is 36.1 Å². The Bertz CT molecular complexity index is 926. The maximum atomic E-state index is 13.3. The van der Waals surface area contributed by atoms with E-state index in [1.54, 1.807) is 41.3 Å². The van der Waals surface area contributed by atoms with Crippen LogP contribution in [0.4, 0.5) is 18.9 Å². The van der Waals surface area contributed by atoms with Crippen molar-refractivity contribution in [2.24, 2.45) is 5.41 Å². The van der Waals surface area contributed by atoms with Crippen LogP contribution in [0.1, 0.15) is 31.4 Å². The van der Waals surface area contributed by atoms with Gasteiger partial charge in [-0.15, -0.1) is 0 Å². The Labute approximate surface area is 161 Å². The van der Waals surface area contributed by atoms with Crippen molar-refractivity contribution in [2.45, 2.75) is 38.6 Å². The van der Waals surface area contributed by atoms with E-state index in [4.69, 9.17) is 5.26 Å². The van der Waals surface area contributed by atoms with E-state index in [2.05, 4.69) is 4.98 Å². The molecule has 1 aromatic carbocycles. The number of imidazole rings is 1. The Morgan fingerprint density at radius 1 is 1.36 bits per heavy atom. The number of aliphatic hydroxyl groups excluding tert-OH is 1. The Morgan fingerprint density at radius 3 is 2.64 bits per heavy atom. The highest BCUT2D eigenvalue weighted by Gasteiger charge is 2.40. The SMILES string of the molecule is CN(c1ccc(C#N)c(C(F)(F)F)c1)C1C=C(n2ccnc2)C(O)CC1(C)C. The zero-order valence-electron chi connectivity index (χ0n) is 15.8. The molecule has 3 rings (SSSR count). The minimum atomic E-state index is -4.61. The van der Waals surface area contributed by atoms with E-state index >= 15 is 0 Å². The summed E-state index contributed by atoms with van der Waals surface area (Å²) in [5, 5.41) is 19.5. The lowest BCUT2D eigenvalue weighted by atomic mass is 9.73. The largest absolute Gasteiger partial charge is 0.417 e. The number of aromatic nitrogens is 2. The molecule has 8 heteroatoms. The van der Waals surface area contributed by atoms with E-state index in [1.165, 1.54) is 12.1 Å².